The maximum absolute atomic E-state index is 13.8. The van der Waals surface area contributed by atoms with Gasteiger partial charge in [-0.25, -0.2) is 13.2 Å². The van der Waals surface area contributed by atoms with E-state index in [0.29, 0.717) is 37.6 Å². The monoisotopic (exact) mass is 507 g/mol. The van der Waals surface area contributed by atoms with E-state index in [2.05, 4.69) is 6.58 Å². The second-order valence-electron chi connectivity index (χ2n) is 9.33. The maximum Gasteiger partial charge on any atom is 0.248 e. The summed E-state index contributed by atoms with van der Waals surface area (Å²) in [5.41, 5.74) is 6.58. The summed E-state index contributed by atoms with van der Waals surface area (Å²) in [5, 5.41) is 2.16. The Kier molecular flexibility index (Phi) is 14.0. The minimum atomic E-state index is -2.75. The molecule has 6 heteroatoms. The molecule has 0 aliphatic rings. The van der Waals surface area contributed by atoms with Crippen LogP contribution in [0.1, 0.15) is 71.2 Å². The van der Waals surface area contributed by atoms with E-state index in [0.717, 1.165) is 23.3 Å². The predicted molar refractivity (Wildman–Crippen MR) is 145 cm³/mol. The molecule has 2 nitrogen and oxygen atoms in total. The quantitative estimate of drug-likeness (QED) is 0.205. The van der Waals surface area contributed by atoms with Crippen molar-refractivity contribution in [2.24, 2.45) is 17.1 Å². The van der Waals surface area contributed by atoms with Crippen LogP contribution in [0.25, 0.3) is 10.8 Å². The highest BCUT2D eigenvalue weighted by molar-refractivity contribution is 5.97. The Morgan fingerprint density at radius 2 is 1.64 bits per heavy atom. The number of alkyl halides is 3. The Morgan fingerprint density at radius 3 is 2.08 bits per heavy atom. The number of nitrogens with two attached hydrogens (primary N) is 1. The highest BCUT2D eigenvalue weighted by atomic mass is 19.3. The molecule has 2 rings (SSSR count). The minimum Gasteiger partial charge on any atom is -0.366 e. The maximum atomic E-state index is 13.8. The van der Waals surface area contributed by atoms with E-state index in [1.54, 1.807) is 24.3 Å². The van der Waals surface area contributed by atoms with Gasteiger partial charge in [-0.2, -0.15) is 0 Å². The molecule has 0 aromatic heterocycles. The fraction of sp³-hybridized carbons (Fsp3) is 0.433. The van der Waals surface area contributed by atoms with Gasteiger partial charge < -0.3 is 5.73 Å². The van der Waals surface area contributed by atoms with Gasteiger partial charge in [-0.3, -0.25) is 9.18 Å². The van der Waals surface area contributed by atoms with Crippen molar-refractivity contribution in [2.45, 2.75) is 66.7 Å². The molecule has 0 radical (unpaired) electrons. The van der Waals surface area contributed by atoms with Gasteiger partial charge in [-0.05, 0) is 73.9 Å². The molecule has 1 unspecified atom stereocenters. The molecule has 0 bridgehead atoms. The van der Waals surface area contributed by atoms with Crippen LogP contribution < -0.4 is 5.73 Å². The molecule has 2 N–H and O–H groups in total. The largest absolute Gasteiger partial charge is 0.366 e. The Labute approximate surface area is 214 Å². The van der Waals surface area contributed by atoms with Crippen molar-refractivity contribution in [2.75, 3.05) is 7.18 Å². The number of fused-ring (bicyclic) bond motifs is 1. The average molecular weight is 508 g/mol. The number of hydrogen-bond donors (Lipinski definition) is 1. The number of halogens is 4. The van der Waals surface area contributed by atoms with Gasteiger partial charge in [0.15, 0.2) is 0 Å². The first-order valence-corrected chi connectivity index (χ1v) is 11.9. The van der Waals surface area contributed by atoms with E-state index in [4.69, 9.17) is 5.73 Å². The number of rotatable bonds is 9. The lowest BCUT2D eigenvalue weighted by atomic mass is 9.73. The summed E-state index contributed by atoms with van der Waals surface area (Å²) in [5.74, 6) is -4.36. The summed E-state index contributed by atoms with van der Waals surface area (Å²) < 4.78 is 50.6. The second kappa shape index (κ2) is 15.3. The van der Waals surface area contributed by atoms with Gasteiger partial charge >= 0.3 is 0 Å². The molecule has 1 amide bonds. The summed E-state index contributed by atoms with van der Waals surface area (Å²) in [4.78, 5) is 10.9. The zero-order valence-electron chi connectivity index (χ0n) is 22.6. The summed E-state index contributed by atoms with van der Waals surface area (Å²) in [6.45, 7) is 13.6. The van der Waals surface area contributed by atoms with Crippen molar-refractivity contribution < 1.29 is 22.4 Å². The van der Waals surface area contributed by atoms with Gasteiger partial charge in [0, 0.05) is 11.5 Å². The molecule has 1 atom stereocenters. The first-order valence-electron chi connectivity index (χ1n) is 11.9. The zero-order valence-corrected chi connectivity index (χ0v) is 22.6. The van der Waals surface area contributed by atoms with E-state index in [1.165, 1.54) is 0 Å². The van der Waals surface area contributed by atoms with Crippen LogP contribution in [0.4, 0.5) is 17.6 Å². The number of carbonyl (C=O) groups is 1. The van der Waals surface area contributed by atoms with Gasteiger partial charge in [0.2, 0.25) is 11.8 Å². The van der Waals surface area contributed by atoms with E-state index < -0.39 is 23.1 Å². The van der Waals surface area contributed by atoms with Crippen molar-refractivity contribution >= 4 is 16.7 Å². The number of allylic oxidation sites excluding steroid dienone is 5. The lowest BCUT2D eigenvalue weighted by Gasteiger charge is -2.34. The minimum absolute atomic E-state index is 0.309. The van der Waals surface area contributed by atoms with E-state index in [1.807, 2.05) is 65.0 Å². The number of benzene rings is 2. The number of primary amides is 1. The fourth-order valence-electron chi connectivity index (χ4n) is 3.95. The first-order chi connectivity index (χ1) is 16.7. The highest BCUT2D eigenvalue weighted by Gasteiger charge is 2.38. The normalized spacial score (nSPS) is 13.2. The predicted octanol–water partition coefficient (Wildman–Crippen LogP) is 9.37. The highest BCUT2D eigenvalue weighted by Crippen LogP contribution is 2.43. The van der Waals surface area contributed by atoms with Gasteiger partial charge in [0.1, 0.15) is 5.83 Å². The third kappa shape index (κ3) is 10.4. The van der Waals surface area contributed by atoms with Gasteiger partial charge in [-0.1, -0.05) is 75.4 Å². The SMILES string of the molecule is C=C(F)/C(CC)=C(\C)C(C)(C)CC(C/C=C/C)C(C)(F)F.CF.NC(=O)c1ccc2ccccc2c1. The third-order valence-corrected chi connectivity index (χ3v) is 6.31. The molecule has 0 aliphatic carbocycles. The molecule has 2 aromatic rings. The lowest BCUT2D eigenvalue weighted by Crippen LogP contribution is -2.30. The van der Waals surface area contributed by atoms with Crippen molar-refractivity contribution in [3.05, 3.63) is 83.7 Å². The van der Waals surface area contributed by atoms with Crippen molar-refractivity contribution in [1.82, 2.24) is 0 Å². The Bertz CT molecular complexity index is 1050. The number of carbonyl (C=O) groups excluding carboxylic acids is 1. The summed E-state index contributed by atoms with van der Waals surface area (Å²) in [6.07, 6.45) is 4.71. The molecule has 2 aromatic carbocycles. The Hall–Kier alpha value is -2.89. The van der Waals surface area contributed by atoms with E-state index in [9.17, 15) is 22.4 Å². The molecule has 36 heavy (non-hydrogen) atoms. The van der Waals surface area contributed by atoms with Gasteiger partial charge in [0.05, 0.1) is 7.18 Å². The standard InChI is InChI=1S/C18H29F3.C11H9NO.CH3F/c1-8-10-11-15(18(7,20)21)12-17(5,6)13(3)16(9-2)14(4)19;12-11(13)10-6-5-8-3-1-2-4-9(8)7-10;1-2/h8,10,15H,4,9,11-12H2,1-3,5-7H3;1-7H,(H2,12,13);1H3/b10-8+,16-13+;;. The molecule has 0 aliphatic heterocycles. The fourth-order valence-corrected chi connectivity index (χ4v) is 3.95. The third-order valence-electron chi connectivity index (χ3n) is 6.31. The van der Waals surface area contributed by atoms with Crippen LogP contribution in [0.5, 0.6) is 0 Å². The number of amides is 1. The summed E-state index contributed by atoms with van der Waals surface area (Å²) in [6, 6.07) is 13.3. The Morgan fingerprint density at radius 1 is 1.08 bits per heavy atom. The van der Waals surface area contributed by atoms with Crippen LogP contribution in [-0.4, -0.2) is 19.0 Å². The molecule has 0 saturated carbocycles. The van der Waals surface area contributed by atoms with Crippen molar-refractivity contribution in [3.63, 3.8) is 0 Å². The van der Waals surface area contributed by atoms with Gasteiger partial charge in [-0.15, -0.1) is 0 Å². The molecule has 0 spiro atoms. The van der Waals surface area contributed by atoms with Crippen LogP contribution in [0.3, 0.4) is 0 Å². The van der Waals surface area contributed by atoms with Crippen LogP contribution in [-0.2, 0) is 0 Å². The number of hydrogen-bond acceptors (Lipinski definition) is 1. The Balaban J connectivity index is 0.000000690. The van der Waals surface area contributed by atoms with Gasteiger partial charge in [0.25, 0.3) is 0 Å². The lowest BCUT2D eigenvalue weighted by molar-refractivity contribution is -0.0510. The second-order valence-corrected chi connectivity index (χ2v) is 9.33. The molecular formula is C30H41F4NO. The van der Waals surface area contributed by atoms with Crippen molar-refractivity contribution in [1.29, 1.82) is 0 Å². The first kappa shape index (κ1) is 33.1. The molecule has 200 valence electrons. The molecule has 0 fully saturated rings. The molecule has 0 saturated heterocycles. The van der Waals surface area contributed by atoms with Crippen molar-refractivity contribution in [3.8, 4) is 0 Å². The molecule has 0 heterocycles. The van der Waals surface area contributed by atoms with Crippen LogP contribution in [0, 0.1) is 11.3 Å². The van der Waals surface area contributed by atoms with Crippen LogP contribution in [0.2, 0.25) is 0 Å². The van der Waals surface area contributed by atoms with Crippen LogP contribution >= 0.6 is 0 Å². The topological polar surface area (TPSA) is 43.1 Å². The summed E-state index contributed by atoms with van der Waals surface area (Å²) >= 11 is 0. The van der Waals surface area contributed by atoms with Crippen LogP contribution in [0.15, 0.2) is 78.2 Å². The zero-order chi connectivity index (χ0) is 28.1. The average Bonchev–Trinajstić information content (AvgIpc) is 2.82. The molecular weight excluding hydrogens is 466 g/mol. The summed E-state index contributed by atoms with van der Waals surface area (Å²) in [7, 11) is 0.500. The van der Waals surface area contributed by atoms with E-state index >= 15 is 0 Å². The smallest absolute Gasteiger partial charge is 0.248 e. The van der Waals surface area contributed by atoms with E-state index in [-0.39, 0.29) is 5.91 Å².